The van der Waals surface area contributed by atoms with Crippen LogP contribution in [-0.4, -0.2) is 49.2 Å². The Hall–Kier alpha value is -1.46. The fourth-order valence-corrected chi connectivity index (χ4v) is 1.29. The molecule has 0 unspecified atom stereocenters. The Balaban J connectivity index is 4.25. The number of ether oxygens (including phenoxy) is 1. The first-order valence-electron chi connectivity index (χ1n) is 6.24. The zero-order chi connectivity index (χ0) is 14.2. The summed E-state index contributed by atoms with van der Waals surface area (Å²) < 4.78 is 5.33. The van der Waals surface area contributed by atoms with E-state index in [1.165, 1.54) is 0 Å². The van der Waals surface area contributed by atoms with Crippen LogP contribution in [0.1, 0.15) is 34.1 Å². The summed E-state index contributed by atoms with van der Waals surface area (Å²) in [7, 11) is 1.61. The van der Waals surface area contributed by atoms with Crippen LogP contribution in [0.25, 0.3) is 0 Å². The second-order valence-electron chi connectivity index (χ2n) is 5.00. The highest BCUT2D eigenvalue weighted by Gasteiger charge is 2.21. The lowest BCUT2D eigenvalue weighted by molar-refractivity contribution is 0.0253. The van der Waals surface area contributed by atoms with Crippen molar-refractivity contribution in [1.29, 1.82) is 0 Å². The van der Waals surface area contributed by atoms with E-state index < -0.39 is 5.60 Å². The lowest BCUT2D eigenvalue weighted by atomic mass is 10.2. The number of nitrogens with zero attached hydrogens (tertiary/aromatic N) is 2. The van der Waals surface area contributed by atoms with E-state index in [1.54, 1.807) is 11.9 Å². The second-order valence-corrected chi connectivity index (χ2v) is 5.00. The standard InChI is InChI=1S/C12H26N4O2/c1-6-8-16(9-7-15-10(13)14-5)11(17)18-12(2,3)4/h6-9H2,1-5H3,(H3,13,14,15). The fraction of sp³-hybridized carbons (Fsp3) is 0.833. The van der Waals surface area contributed by atoms with Crippen LogP contribution in [0.15, 0.2) is 4.99 Å². The molecule has 0 fully saturated rings. The topological polar surface area (TPSA) is 80.0 Å². The highest BCUT2D eigenvalue weighted by Crippen LogP contribution is 2.09. The number of amides is 1. The third kappa shape index (κ3) is 7.76. The van der Waals surface area contributed by atoms with Gasteiger partial charge in [0.1, 0.15) is 5.60 Å². The Labute approximate surface area is 110 Å². The van der Waals surface area contributed by atoms with Gasteiger partial charge < -0.3 is 20.7 Å². The molecule has 0 atom stereocenters. The molecule has 3 N–H and O–H groups in total. The Morgan fingerprint density at radius 3 is 2.44 bits per heavy atom. The van der Waals surface area contributed by atoms with Gasteiger partial charge in [0.2, 0.25) is 0 Å². The molecule has 0 heterocycles. The number of guanidine groups is 1. The van der Waals surface area contributed by atoms with Crippen LogP contribution in [0.4, 0.5) is 4.79 Å². The summed E-state index contributed by atoms with van der Waals surface area (Å²) in [6, 6.07) is 0. The van der Waals surface area contributed by atoms with Crippen LogP contribution < -0.4 is 11.1 Å². The van der Waals surface area contributed by atoms with Crippen molar-refractivity contribution in [3.63, 3.8) is 0 Å². The normalized spacial score (nSPS) is 12.2. The average Bonchev–Trinajstić information content (AvgIpc) is 2.25. The Bertz CT molecular complexity index is 284. The SMILES string of the molecule is CCCN(CCNC(N)=NC)C(=O)OC(C)(C)C. The molecule has 0 saturated heterocycles. The number of aliphatic imine (C=N–C) groups is 1. The number of hydrogen-bond acceptors (Lipinski definition) is 3. The molecule has 6 heteroatoms. The van der Waals surface area contributed by atoms with Gasteiger partial charge in [-0.25, -0.2) is 4.79 Å². The third-order valence-corrected chi connectivity index (χ3v) is 2.07. The molecule has 0 radical (unpaired) electrons. The molecule has 1 amide bonds. The van der Waals surface area contributed by atoms with Gasteiger partial charge in [-0.05, 0) is 27.2 Å². The molecule has 18 heavy (non-hydrogen) atoms. The number of carbonyl (C=O) groups is 1. The van der Waals surface area contributed by atoms with E-state index >= 15 is 0 Å². The number of nitrogens with one attached hydrogen (secondary N) is 1. The highest BCUT2D eigenvalue weighted by molar-refractivity contribution is 5.77. The molecule has 106 valence electrons. The maximum absolute atomic E-state index is 11.9. The molecule has 0 aromatic heterocycles. The van der Waals surface area contributed by atoms with Gasteiger partial charge >= 0.3 is 6.09 Å². The van der Waals surface area contributed by atoms with Crippen molar-refractivity contribution in [1.82, 2.24) is 10.2 Å². The number of hydrogen-bond donors (Lipinski definition) is 2. The van der Waals surface area contributed by atoms with Crippen molar-refractivity contribution in [3.05, 3.63) is 0 Å². The summed E-state index contributed by atoms with van der Waals surface area (Å²) in [5.41, 5.74) is 5.04. The van der Waals surface area contributed by atoms with E-state index in [4.69, 9.17) is 10.5 Å². The second kappa shape index (κ2) is 7.79. The predicted molar refractivity (Wildman–Crippen MR) is 73.6 cm³/mol. The van der Waals surface area contributed by atoms with E-state index in [-0.39, 0.29) is 6.09 Å². The van der Waals surface area contributed by atoms with Gasteiger partial charge in [0.05, 0.1) is 0 Å². The van der Waals surface area contributed by atoms with Crippen LogP contribution in [0.2, 0.25) is 0 Å². The van der Waals surface area contributed by atoms with E-state index in [9.17, 15) is 4.79 Å². The smallest absolute Gasteiger partial charge is 0.410 e. The lowest BCUT2D eigenvalue weighted by Crippen LogP contribution is -2.43. The van der Waals surface area contributed by atoms with Crippen LogP contribution in [0.5, 0.6) is 0 Å². The van der Waals surface area contributed by atoms with Gasteiger partial charge in [0, 0.05) is 26.7 Å². The van der Waals surface area contributed by atoms with Gasteiger partial charge in [0.25, 0.3) is 0 Å². The monoisotopic (exact) mass is 258 g/mol. The van der Waals surface area contributed by atoms with Crippen molar-refractivity contribution in [3.8, 4) is 0 Å². The van der Waals surface area contributed by atoms with Crippen molar-refractivity contribution in [2.24, 2.45) is 10.7 Å². The lowest BCUT2D eigenvalue weighted by Gasteiger charge is -2.27. The number of rotatable bonds is 5. The molecule has 0 aliphatic carbocycles. The quantitative estimate of drug-likeness (QED) is 0.573. The molecule has 0 aliphatic heterocycles. The molecule has 0 spiro atoms. The van der Waals surface area contributed by atoms with Crippen molar-refractivity contribution >= 4 is 12.1 Å². The van der Waals surface area contributed by atoms with Gasteiger partial charge in [-0.15, -0.1) is 0 Å². The summed E-state index contributed by atoms with van der Waals surface area (Å²) in [6.45, 7) is 9.35. The molecular formula is C12H26N4O2. The van der Waals surface area contributed by atoms with E-state index in [0.717, 1.165) is 6.42 Å². The Morgan fingerprint density at radius 2 is 2.00 bits per heavy atom. The first-order valence-corrected chi connectivity index (χ1v) is 6.24. The molecule has 0 bridgehead atoms. The average molecular weight is 258 g/mol. The minimum absolute atomic E-state index is 0.293. The first kappa shape index (κ1) is 16.5. The number of nitrogens with two attached hydrogens (primary N) is 1. The molecule has 0 rings (SSSR count). The van der Waals surface area contributed by atoms with Gasteiger partial charge in [-0.3, -0.25) is 4.99 Å². The van der Waals surface area contributed by atoms with Crippen LogP contribution in [0.3, 0.4) is 0 Å². The first-order chi connectivity index (χ1) is 8.30. The Kier molecular flexibility index (Phi) is 7.16. The predicted octanol–water partition coefficient (Wildman–Crippen LogP) is 1.17. The molecule has 0 saturated carbocycles. The van der Waals surface area contributed by atoms with Crippen molar-refractivity contribution in [2.75, 3.05) is 26.7 Å². The summed E-state index contributed by atoms with van der Waals surface area (Å²) in [5, 5.41) is 2.92. The third-order valence-electron chi connectivity index (χ3n) is 2.07. The molecule has 0 aromatic rings. The minimum Gasteiger partial charge on any atom is -0.444 e. The summed E-state index contributed by atoms with van der Waals surface area (Å²) in [4.78, 5) is 17.4. The maximum Gasteiger partial charge on any atom is 0.410 e. The van der Waals surface area contributed by atoms with Gasteiger partial charge in [-0.1, -0.05) is 6.92 Å². The van der Waals surface area contributed by atoms with Crippen LogP contribution in [0, 0.1) is 0 Å². The highest BCUT2D eigenvalue weighted by atomic mass is 16.6. The van der Waals surface area contributed by atoms with Gasteiger partial charge in [-0.2, -0.15) is 0 Å². The molecule has 0 aromatic carbocycles. The summed E-state index contributed by atoms with van der Waals surface area (Å²) >= 11 is 0. The van der Waals surface area contributed by atoms with E-state index in [1.807, 2.05) is 27.7 Å². The zero-order valence-corrected chi connectivity index (χ0v) is 12.1. The minimum atomic E-state index is -0.472. The van der Waals surface area contributed by atoms with E-state index in [2.05, 4.69) is 10.3 Å². The van der Waals surface area contributed by atoms with Crippen LogP contribution >= 0.6 is 0 Å². The molecule has 0 aliphatic rings. The van der Waals surface area contributed by atoms with Crippen molar-refractivity contribution in [2.45, 2.75) is 39.7 Å². The van der Waals surface area contributed by atoms with E-state index in [0.29, 0.717) is 25.6 Å². The fourth-order valence-electron chi connectivity index (χ4n) is 1.29. The number of carbonyl (C=O) groups excluding carboxylic acids is 1. The molecule has 6 nitrogen and oxygen atoms in total. The maximum atomic E-state index is 11.9. The summed E-state index contributed by atoms with van der Waals surface area (Å²) in [6.07, 6.45) is 0.592. The molecular weight excluding hydrogens is 232 g/mol. The Morgan fingerprint density at radius 1 is 1.39 bits per heavy atom. The van der Waals surface area contributed by atoms with Gasteiger partial charge in [0.15, 0.2) is 5.96 Å². The van der Waals surface area contributed by atoms with Crippen LogP contribution in [-0.2, 0) is 4.74 Å². The zero-order valence-electron chi connectivity index (χ0n) is 12.1. The van der Waals surface area contributed by atoms with Crippen molar-refractivity contribution < 1.29 is 9.53 Å². The largest absolute Gasteiger partial charge is 0.444 e. The summed E-state index contributed by atoms with van der Waals surface area (Å²) in [5.74, 6) is 0.371.